The maximum Gasteiger partial charge on any atom is 0.227 e. The molecule has 23 heavy (non-hydrogen) atoms. The molecule has 1 N–H and O–H groups in total. The van der Waals surface area contributed by atoms with E-state index in [0.29, 0.717) is 11.9 Å². The van der Waals surface area contributed by atoms with Crippen molar-refractivity contribution in [3.05, 3.63) is 35.9 Å². The van der Waals surface area contributed by atoms with Gasteiger partial charge in [-0.1, -0.05) is 49.6 Å². The van der Waals surface area contributed by atoms with Crippen molar-refractivity contribution in [2.75, 3.05) is 13.1 Å². The minimum Gasteiger partial charge on any atom is -0.335 e. The Balaban J connectivity index is 0.00000192. The van der Waals surface area contributed by atoms with E-state index in [4.69, 9.17) is 0 Å². The average Bonchev–Trinajstić information content (AvgIpc) is 2.61. The number of nitrogens with zero attached hydrogens (tertiary/aromatic N) is 1. The molecule has 2 aliphatic rings. The van der Waals surface area contributed by atoms with Gasteiger partial charge >= 0.3 is 0 Å². The molecule has 0 aromatic heterocycles. The van der Waals surface area contributed by atoms with Crippen molar-refractivity contribution in [2.24, 2.45) is 5.92 Å². The molecule has 1 saturated heterocycles. The van der Waals surface area contributed by atoms with Gasteiger partial charge in [-0.2, -0.15) is 0 Å². The summed E-state index contributed by atoms with van der Waals surface area (Å²) in [4.78, 5) is 15.3. The largest absolute Gasteiger partial charge is 0.335 e. The maximum absolute atomic E-state index is 13.1. The number of hydrogen-bond acceptors (Lipinski definition) is 2. The highest BCUT2D eigenvalue weighted by atomic mass is 35.5. The van der Waals surface area contributed by atoms with E-state index in [1.807, 2.05) is 6.07 Å². The molecular weight excluding hydrogens is 308 g/mol. The van der Waals surface area contributed by atoms with Crippen LogP contribution in [0.25, 0.3) is 0 Å². The molecule has 128 valence electrons. The molecule has 1 aliphatic carbocycles. The predicted octanol–water partition coefficient (Wildman–Crippen LogP) is 3.77. The fraction of sp³-hybridized carbons (Fsp3) is 0.632. The molecule has 1 heterocycles. The lowest BCUT2D eigenvalue weighted by Crippen LogP contribution is -2.47. The lowest BCUT2D eigenvalue weighted by atomic mass is 9.91. The zero-order valence-corrected chi connectivity index (χ0v) is 14.7. The molecule has 0 radical (unpaired) electrons. The Hall–Kier alpha value is -1.06. The summed E-state index contributed by atoms with van der Waals surface area (Å²) >= 11 is 0. The van der Waals surface area contributed by atoms with Crippen molar-refractivity contribution < 1.29 is 4.79 Å². The number of nitrogens with one attached hydrogen (secondary N) is 1. The molecule has 1 amide bonds. The first-order valence-corrected chi connectivity index (χ1v) is 8.90. The summed E-state index contributed by atoms with van der Waals surface area (Å²) in [6.45, 7) is 2.70. The van der Waals surface area contributed by atoms with Crippen LogP contribution >= 0.6 is 12.4 Å². The van der Waals surface area contributed by atoms with Crippen LogP contribution in [0.15, 0.2) is 30.3 Å². The second kappa shape index (κ2) is 9.29. The Labute approximate surface area is 146 Å². The number of carbonyl (C=O) groups excluding carboxylic acids is 1. The molecule has 3 nitrogen and oxygen atoms in total. The van der Waals surface area contributed by atoms with Crippen LogP contribution in [-0.2, 0) is 11.3 Å². The van der Waals surface area contributed by atoms with Gasteiger partial charge in [-0.05, 0) is 37.8 Å². The topological polar surface area (TPSA) is 32.3 Å². The third-order valence-corrected chi connectivity index (χ3v) is 5.14. The smallest absolute Gasteiger partial charge is 0.227 e. The van der Waals surface area contributed by atoms with Gasteiger partial charge in [0.15, 0.2) is 0 Å². The lowest BCUT2D eigenvalue weighted by Gasteiger charge is -2.37. The third-order valence-electron chi connectivity index (χ3n) is 5.14. The zero-order valence-electron chi connectivity index (χ0n) is 13.9. The molecular formula is C19H29ClN2O. The highest BCUT2D eigenvalue weighted by molar-refractivity contribution is 5.85. The SMILES string of the molecule is Cl.O=C(C1CCCNC1)N(Cc1ccccc1)C1CCCCC1. The third kappa shape index (κ3) is 4.95. The van der Waals surface area contributed by atoms with E-state index in [1.54, 1.807) is 0 Å². The quantitative estimate of drug-likeness (QED) is 0.907. The average molecular weight is 337 g/mol. The number of carbonyl (C=O) groups is 1. The Kier molecular flexibility index (Phi) is 7.38. The minimum absolute atomic E-state index is 0. The van der Waals surface area contributed by atoms with Crippen molar-refractivity contribution in [3.8, 4) is 0 Å². The molecule has 1 aliphatic heterocycles. The fourth-order valence-corrected chi connectivity index (χ4v) is 3.86. The van der Waals surface area contributed by atoms with Gasteiger partial charge in [0.1, 0.15) is 0 Å². The predicted molar refractivity (Wildman–Crippen MR) is 96.7 cm³/mol. The van der Waals surface area contributed by atoms with Crippen molar-refractivity contribution >= 4 is 18.3 Å². The van der Waals surface area contributed by atoms with E-state index in [1.165, 1.54) is 37.7 Å². The molecule has 3 rings (SSSR count). The Morgan fingerprint density at radius 3 is 2.43 bits per heavy atom. The number of benzene rings is 1. The zero-order chi connectivity index (χ0) is 15.2. The van der Waals surface area contributed by atoms with Crippen LogP contribution in [0, 0.1) is 5.92 Å². The molecule has 0 bridgehead atoms. The van der Waals surface area contributed by atoms with Gasteiger partial charge in [-0.25, -0.2) is 0 Å². The second-order valence-electron chi connectivity index (χ2n) is 6.79. The molecule has 1 aromatic carbocycles. The number of amides is 1. The molecule has 1 aromatic rings. The van der Waals surface area contributed by atoms with Gasteiger partial charge in [-0.3, -0.25) is 4.79 Å². The number of piperidine rings is 1. The van der Waals surface area contributed by atoms with E-state index in [9.17, 15) is 4.79 Å². The van der Waals surface area contributed by atoms with Crippen LogP contribution in [0.1, 0.15) is 50.5 Å². The Morgan fingerprint density at radius 1 is 1.04 bits per heavy atom. The summed E-state index contributed by atoms with van der Waals surface area (Å²) in [5, 5.41) is 3.39. The van der Waals surface area contributed by atoms with Crippen LogP contribution in [0.3, 0.4) is 0 Å². The van der Waals surface area contributed by atoms with Gasteiger partial charge in [0.25, 0.3) is 0 Å². The van der Waals surface area contributed by atoms with Gasteiger partial charge in [0, 0.05) is 19.1 Å². The first-order valence-electron chi connectivity index (χ1n) is 8.90. The van der Waals surface area contributed by atoms with Crippen molar-refractivity contribution in [3.63, 3.8) is 0 Å². The molecule has 0 spiro atoms. The van der Waals surface area contributed by atoms with Crippen molar-refractivity contribution in [2.45, 2.75) is 57.5 Å². The van der Waals surface area contributed by atoms with E-state index < -0.39 is 0 Å². The van der Waals surface area contributed by atoms with Crippen molar-refractivity contribution in [1.29, 1.82) is 0 Å². The lowest BCUT2D eigenvalue weighted by molar-refractivity contribution is -0.140. The summed E-state index contributed by atoms with van der Waals surface area (Å²) in [5.41, 5.74) is 1.25. The highest BCUT2D eigenvalue weighted by Crippen LogP contribution is 2.26. The van der Waals surface area contributed by atoms with E-state index in [-0.39, 0.29) is 18.3 Å². The number of halogens is 1. The monoisotopic (exact) mass is 336 g/mol. The molecule has 1 unspecified atom stereocenters. The van der Waals surface area contributed by atoms with Gasteiger partial charge in [-0.15, -0.1) is 12.4 Å². The summed E-state index contributed by atoms with van der Waals surface area (Å²) in [6, 6.07) is 10.9. The normalized spacial score (nSPS) is 22.2. The molecule has 1 atom stereocenters. The Morgan fingerprint density at radius 2 is 1.78 bits per heavy atom. The Bertz CT molecular complexity index is 468. The fourth-order valence-electron chi connectivity index (χ4n) is 3.86. The minimum atomic E-state index is 0. The van der Waals surface area contributed by atoms with Gasteiger partial charge in [0.05, 0.1) is 5.92 Å². The van der Waals surface area contributed by atoms with Gasteiger partial charge < -0.3 is 10.2 Å². The number of rotatable bonds is 4. The molecule has 1 saturated carbocycles. The van der Waals surface area contributed by atoms with Crippen molar-refractivity contribution in [1.82, 2.24) is 10.2 Å². The first kappa shape index (κ1) is 18.3. The van der Waals surface area contributed by atoms with E-state index in [2.05, 4.69) is 34.5 Å². The first-order chi connectivity index (χ1) is 10.8. The summed E-state index contributed by atoms with van der Waals surface area (Å²) in [5.74, 6) is 0.558. The van der Waals surface area contributed by atoms with Gasteiger partial charge in [0.2, 0.25) is 5.91 Å². The second-order valence-corrected chi connectivity index (χ2v) is 6.79. The molecule has 4 heteroatoms. The highest BCUT2D eigenvalue weighted by Gasteiger charge is 2.31. The standard InChI is InChI=1S/C19H28N2O.ClH/c22-19(17-10-7-13-20-14-17)21(18-11-5-2-6-12-18)15-16-8-3-1-4-9-16;/h1,3-4,8-9,17-18,20H,2,5-7,10-15H2;1H. The van der Waals surface area contributed by atoms with Crippen LogP contribution < -0.4 is 5.32 Å². The number of hydrogen-bond donors (Lipinski definition) is 1. The summed E-state index contributed by atoms with van der Waals surface area (Å²) in [6.07, 6.45) is 8.40. The molecule has 2 fully saturated rings. The van der Waals surface area contributed by atoms with Crippen LogP contribution in [-0.4, -0.2) is 29.9 Å². The van der Waals surface area contributed by atoms with Crippen LogP contribution in [0.5, 0.6) is 0 Å². The van der Waals surface area contributed by atoms with Crippen LogP contribution in [0.2, 0.25) is 0 Å². The van der Waals surface area contributed by atoms with E-state index in [0.717, 1.165) is 32.5 Å². The summed E-state index contributed by atoms with van der Waals surface area (Å²) < 4.78 is 0. The maximum atomic E-state index is 13.1. The van der Waals surface area contributed by atoms with Crippen LogP contribution in [0.4, 0.5) is 0 Å². The van der Waals surface area contributed by atoms with E-state index >= 15 is 0 Å². The summed E-state index contributed by atoms with van der Waals surface area (Å²) in [7, 11) is 0.